The number of halogens is 1. The lowest BCUT2D eigenvalue weighted by molar-refractivity contribution is -0.490. The Morgan fingerprint density at radius 2 is 1.86 bits per heavy atom. The number of benzene rings is 3. The highest BCUT2D eigenvalue weighted by Crippen LogP contribution is 2.38. The number of esters is 1. The Bertz CT molecular complexity index is 1930. The lowest BCUT2D eigenvalue weighted by atomic mass is 9.78. The van der Waals surface area contributed by atoms with Gasteiger partial charge in [0.2, 0.25) is 12.0 Å². The van der Waals surface area contributed by atoms with Gasteiger partial charge in [0, 0.05) is 60.7 Å². The van der Waals surface area contributed by atoms with Gasteiger partial charge in [-0.05, 0) is 48.6 Å². The minimum absolute atomic E-state index is 0.0371. The van der Waals surface area contributed by atoms with E-state index >= 15 is 4.39 Å². The first kappa shape index (κ1) is 32.7. The average molecular weight is 671 g/mol. The Hall–Kier alpha value is -4.79. The smallest absolute Gasteiger partial charge is 0.494 e. The van der Waals surface area contributed by atoms with Crippen LogP contribution in [0.25, 0.3) is 10.9 Å². The molecule has 0 spiro atoms. The summed E-state index contributed by atoms with van der Waals surface area (Å²) in [4.78, 5) is 41.2. The Morgan fingerprint density at radius 1 is 1.08 bits per heavy atom. The first-order valence-electron chi connectivity index (χ1n) is 16.5. The van der Waals surface area contributed by atoms with Gasteiger partial charge < -0.3 is 28.6 Å². The first-order chi connectivity index (χ1) is 23.8. The van der Waals surface area contributed by atoms with Crippen molar-refractivity contribution in [2.24, 2.45) is 0 Å². The summed E-state index contributed by atoms with van der Waals surface area (Å²) in [6.45, 7) is 3.32. The van der Waals surface area contributed by atoms with Crippen LogP contribution in [0.2, 0.25) is 0 Å². The molecule has 0 radical (unpaired) electrons. The summed E-state index contributed by atoms with van der Waals surface area (Å²) < 4.78 is 34.4. The second kappa shape index (κ2) is 14.0. The maximum Gasteiger partial charge on any atom is 0.496 e. The van der Waals surface area contributed by atoms with Crippen LogP contribution in [0.3, 0.4) is 0 Å². The molecular weight excluding hydrogens is 634 g/mol. The summed E-state index contributed by atoms with van der Waals surface area (Å²) in [5.74, 6) is -0.782. The van der Waals surface area contributed by atoms with Crippen molar-refractivity contribution in [2.75, 3.05) is 50.8 Å². The lowest BCUT2D eigenvalue weighted by Crippen LogP contribution is -2.47. The van der Waals surface area contributed by atoms with E-state index in [2.05, 4.69) is 4.90 Å². The van der Waals surface area contributed by atoms with Crippen LogP contribution >= 0.6 is 0 Å². The molecule has 3 aliphatic rings. The maximum absolute atomic E-state index is 15.7. The molecule has 1 atom stereocenters. The number of piperazine rings is 1. The molecule has 0 bridgehead atoms. The van der Waals surface area contributed by atoms with Gasteiger partial charge in [-0.3, -0.25) is 19.8 Å². The van der Waals surface area contributed by atoms with Gasteiger partial charge in [0.15, 0.2) is 0 Å². The van der Waals surface area contributed by atoms with Gasteiger partial charge in [-0.2, -0.15) is 0 Å². The van der Waals surface area contributed by atoms with Crippen LogP contribution in [0.1, 0.15) is 52.9 Å². The van der Waals surface area contributed by atoms with E-state index in [1.807, 2.05) is 39.8 Å². The van der Waals surface area contributed by atoms with Crippen LogP contribution in [-0.2, 0) is 16.0 Å². The van der Waals surface area contributed by atoms with Gasteiger partial charge in [0.05, 0.1) is 17.8 Å². The zero-order valence-electron chi connectivity index (χ0n) is 26.8. The van der Waals surface area contributed by atoms with Crippen molar-refractivity contribution in [1.29, 1.82) is 0 Å². The second-order valence-corrected chi connectivity index (χ2v) is 12.7. The van der Waals surface area contributed by atoms with E-state index in [4.69, 9.17) is 14.1 Å². The van der Waals surface area contributed by atoms with Crippen LogP contribution in [0.15, 0.2) is 71.7 Å². The van der Waals surface area contributed by atoms with Crippen molar-refractivity contribution in [2.45, 2.75) is 38.0 Å². The number of fused-ring (bicyclic) bond motifs is 2. The van der Waals surface area contributed by atoms with Crippen LogP contribution < -0.4 is 20.5 Å². The fourth-order valence-corrected chi connectivity index (χ4v) is 6.69. The van der Waals surface area contributed by atoms with E-state index in [0.717, 1.165) is 24.9 Å². The van der Waals surface area contributed by atoms with Crippen molar-refractivity contribution >= 4 is 35.1 Å². The van der Waals surface area contributed by atoms with E-state index in [9.17, 15) is 24.7 Å². The molecule has 2 fully saturated rings. The number of carbonyl (C=O) groups excluding carboxylic acids is 1. The standard InChI is InChI=1S/C35H36BFN4O8/c37-28-18-26-29(40(24-10-11-24)20-27(34(26)42)35(43)48-22-23-6-2-1-3-7-23)19-30(28)39-15-13-38(14-16-39)12-5-17-47-31-9-4-8-25-32(21-41(45)46)49-36(44)33(25)31/h1-4,6-9,18-20,24,32,44H,5,10-17,21-22H2. The third-order valence-electron chi connectivity index (χ3n) is 9.36. The molecule has 0 amide bonds. The topological polar surface area (TPSA) is 137 Å². The summed E-state index contributed by atoms with van der Waals surface area (Å²) in [6, 6.07) is 17.5. The predicted molar refractivity (Wildman–Crippen MR) is 180 cm³/mol. The minimum atomic E-state index is -1.28. The van der Waals surface area contributed by atoms with Crippen molar-refractivity contribution in [1.82, 2.24) is 9.47 Å². The summed E-state index contributed by atoms with van der Waals surface area (Å²) in [5.41, 5.74) is 2.21. The molecule has 1 saturated heterocycles. The molecule has 1 aliphatic carbocycles. The zero-order valence-corrected chi connectivity index (χ0v) is 26.8. The fourth-order valence-electron chi connectivity index (χ4n) is 6.69. The molecule has 1 saturated carbocycles. The Labute approximate surface area is 281 Å². The molecule has 7 rings (SSSR count). The molecular formula is C35H36BFN4O8. The summed E-state index contributed by atoms with van der Waals surface area (Å²) >= 11 is 0. The van der Waals surface area contributed by atoms with Crippen molar-refractivity contribution in [3.63, 3.8) is 0 Å². The van der Waals surface area contributed by atoms with E-state index in [1.165, 1.54) is 6.07 Å². The number of hydrogen-bond acceptors (Lipinski definition) is 10. The number of carbonyl (C=O) groups is 1. The quantitative estimate of drug-likeness (QED) is 0.0785. The first-order valence-corrected chi connectivity index (χ1v) is 16.5. The Morgan fingerprint density at radius 3 is 2.59 bits per heavy atom. The van der Waals surface area contributed by atoms with E-state index in [1.54, 1.807) is 30.5 Å². The molecule has 254 valence electrons. The second-order valence-electron chi connectivity index (χ2n) is 12.7. The third-order valence-corrected chi connectivity index (χ3v) is 9.36. The average Bonchev–Trinajstić information content (AvgIpc) is 3.90. The monoisotopic (exact) mass is 670 g/mol. The van der Waals surface area contributed by atoms with Crippen LogP contribution in [-0.4, -0.2) is 78.4 Å². The molecule has 4 aromatic rings. The fraction of sp³-hybridized carbons (Fsp3) is 0.371. The number of ether oxygens (including phenoxy) is 2. The van der Waals surface area contributed by atoms with Gasteiger partial charge in [0.25, 0.3) is 0 Å². The van der Waals surface area contributed by atoms with Crippen LogP contribution in [0, 0.1) is 15.9 Å². The van der Waals surface area contributed by atoms with Gasteiger partial charge in [0.1, 0.15) is 29.8 Å². The van der Waals surface area contributed by atoms with Gasteiger partial charge in [-0.1, -0.05) is 42.5 Å². The number of nitrogens with zero attached hydrogens (tertiary/aromatic N) is 4. The van der Waals surface area contributed by atoms with Crippen molar-refractivity contribution < 1.29 is 33.3 Å². The number of nitro groups is 1. The van der Waals surface area contributed by atoms with Crippen LogP contribution in [0.4, 0.5) is 10.1 Å². The number of pyridine rings is 1. The van der Waals surface area contributed by atoms with E-state index in [0.29, 0.717) is 67.2 Å². The Kier molecular flexibility index (Phi) is 9.34. The molecule has 3 heterocycles. The summed E-state index contributed by atoms with van der Waals surface area (Å²) in [6.07, 6.45) is 3.27. The van der Waals surface area contributed by atoms with Crippen molar-refractivity contribution in [3.8, 4) is 5.75 Å². The summed E-state index contributed by atoms with van der Waals surface area (Å²) in [5, 5.41) is 21.5. The number of anilines is 1. The molecule has 1 unspecified atom stereocenters. The van der Waals surface area contributed by atoms with Crippen LogP contribution in [0.5, 0.6) is 5.75 Å². The Balaban J connectivity index is 0.974. The largest absolute Gasteiger partial charge is 0.496 e. The highest BCUT2D eigenvalue weighted by atomic mass is 19.1. The van der Waals surface area contributed by atoms with Gasteiger partial charge in [-0.15, -0.1) is 0 Å². The normalized spacial score (nSPS) is 17.7. The molecule has 3 aromatic carbocycles. The lowest BCUT2D eigenvalue weighted by Gasteiger charge is -2.36. The maximum atomic E-state index is 15.7. The molecule has 1 N–H and O–H groups in total. The van der Waals surface area contributed by atoms with Gasteiger partial charge >= 0.3 is 13.1 Å². The SMILES string of the molecule is O=C(OCc1ccccc1)c1cn(C2CC2)c2cc(N3CCN(CCCOc4cccc5c4B(O)OC5C[N+](=O)[O-])CC3)c(F)cc2c1=O. The minimum Gasteiger partial charge on any atom is -0.494 e. The molecule has 12 nitrogen and oxygen atoms in total. The number of hydrogen-bond donors (Lipinski definition) is 1. The molecule has 1 aromatic heterocycles. The van der Waals surface area contributed by atoms with Gasteiger partial charge in [-0.25, -0.2) is 9.18 Å². The number of rotatable bonds is 12. The van der Waals surface area contributed by atoms with Crippen molar-refractivity contribution in [3.05, 3.63) is 110 Å². The highest BCUT2D eigenvalue weighted by Gasteiger charge is 2.40. The zero-order chi connectivity index (χ0) is 34.1. The molecule has 49 heavy (non-hydrogen) atoms. The van der Waals surface area contributed by atoms with E-state index in [-0.39, 0.29) is 23.6 Å². The third kappa shape index (κ3) is 7.03. The highest BCUT2D eigenvalue weighted by molar-refractivity contribution is 6.62. The molecule has 2 aliphatic heterocycles. The summed E-state index contributed by atoms with van der Waals surface area (Å²) in [7, 11) is -1.28. The predicted octanol–water partition coefficient (Wildman–Crippen LogP) is 3.46. The number of aromatic nitrogens is 1. The molecule has 14 heteroatoms. The van der Waals surface area contributed by atoms with E-state index < -0.39 is 41.9 Å².